The number of hydrogen-bond acceptors (Lipinski definition) is 6. The van der Waals surface area contributed by atoms with Crippen LogP contribution < -0.4 is 5.32 Å². The SMILES string of the molecule is CC(C(=O)OC(C)N1C(=O)NC2OC(O)C=C(CCCCC3CC3C)C2C1=O)c1ccc(-c2ccccc2)c(F)c1. The van der Waals surface area contributed by atoms with E-state index >= 15 is 0 Å². The predicted octanol–water partition coefficient (Wildman–Crippen LogP) is 5.47. The molecule has 5 rings (SSSR count). The number of ether oxygens (including phenoxy) is 2. The van der Waals surface area contributed by atoms with Crippen LogP contribution in [0.2, 0.25) is 0 Å². The lowest BCUT2D eigenvalue weighted by Gasteiger charge is -2.42. The van der Waals surface area contributed by atoms with Crippen LogP contribution in [0.1, 0.15) is 64.4 Å². The van der Waals surface area contributed by atoms with Crippen LogP contribution in [-0.4, -0.2) is 46.7 Å². The van der Waals surface area contributed by atoms with E-state index in [1.165, 1.54) is 25.5 Å². The third kappa shape index (κ3) is 6.36. The monoisotopic (exact) mass is 564 g/mol. The first-order valence-electron chi connectivity index (χ1n) is 14.4. The van der Waals surface area contributed by atoms with Crippen LogP contribution in [-0.2, 0) is 19.1 Å². The fourth-order valence-electron chi connectivity index (χ4n) is 5.83. The Morgan fingerprint density at radius 3 is 2.59 bits per heavy atom. The Bertz CT molecular complexity index is 1330. The highest BCUT2D eigenvalue weighted by Crippen LogP contribution is 2.42. The number of carbonyl (C=O) groups is 3. The first-order valence-corrected chi connectivity index (χ1v) is 14.4. The van der Waals surface area contributed by atoms with Gasteiger partial charge in [0, 0.05) is 5.56 Å². The van der Waals surface area contributed by atoms with Crippen LogP contribution in [0, 0.1) is 23.6 Å². The third-order valence-electron chi connectivity index (χ3n) is 8.48. The standard InChI is InChI=1S/C32H37FN2O6/c1-18-15-22(18)11-7-8-12-24-17-27(36)41-29-28(24)30(37)35(32(39)34-29)20(3)40-31(38)19(2)23-13-14-25(26(33)16-23)21-9-5-4-6-10-21/h4-6,9-10,13-14,16-20,22,27-29,36H,7-8,11-12,15H2,1-3H3,(H,34,39). The molecule has 2 aliphatic heterocycles. The molecule has 9 heteroatoms. The number of esters is 1. The molecule has 2 aromatic rings. The Kier molecular flexibility index (Phi) is 8.56. The predicted molar refractivity (Wildman–Crippen MR) is 149 cm³/mol. The molecule has 1 saturated carbocycles. The second kappa shape index (κ2) is 12.1. The van der Waals surface area contributed by atoms with Crippen molar-refractivity contribution in [1.82, 2.24) is 10.2 Å². The van der Waals surface area contributed by atoms with Gasteiger partial charge < -0.3 is 19.9 Å². The molecule has 3 aliphatic rings. The number of fused-ring (bicyclic) bond motifs is 1. The van der Waals surface area contributed by atoms with Gasteiger partial charge >= 0.3 is 12.0 Å². The summed E-state index contributed by atoms with van der Waals surface area (Å²) in [4.78, 5) is 40.4. The van der Waals surface area contributed by atoms with Crippen molar-refractivity contribution in [2.24, 2.45) is 17.8 Å². The lowest BCUT2D eigenvalue weighted by Crippen LogP contribution is -2.65. The molecule has 2 heterocycles. The summed E-state index contributed by atoms with van der Waals surface area (Å²) in [5, 5.41) is 12.8. The molecule has 0 bridgehead atoms. The number of nitrogens with one attached hydrogen (secondary N) is 1. The molecule has 218 valence electrons. The Balaban J connectivity index is 1.24. The van der Waals surface area contributed by atoms with Crippen molar-refractivity contribution in [2.45, 2.75) is 77.5 Å². The van der Waals surface area contributed by atoms with Crippen molar-refractivity contribution in [3.05, 3.63) is 71.6 Å². The van der Waals surface area contributed by atoms with Gasteiger partial charge in [-0.05, 0) is 68.2 Å². The number of aliphatic hydroxyl groups is 1. The highest BCUT2D eigenvalue weighted by molar-refractivity contribution is 6.00. The van der Waals surface area contributed by atoms with Gasteiger partial charge in [-0.2, -0.15) is 0 Å². The molecule has 3 amide bonds. The number of hydrogen-bond donors (Lipinski definition) is 2. The quantitative estimate of drug-likeness (QED) is 0.225. The number of nitrogens with zero attached hydrogens (tertiary/aromatic N) is 1. The number of unbranched alkanes of at least 4 members (excludes halogenated alkanes) is 1. The summed E-state index contributed by atoms with van der Waals surface area (Å²) in [7, 11) is 0. The number of amides is 3. The van der Waals surface area contributed by atoms with Gasteiger partial charge in [0.15, 0.2) is 12.5 Å². The Morgan fingerprint density at radius 2 is 1.90 bits per heavy atom. The van der Waals surface area contributed by atoms with E-state index in [9.17, 15) is 23.9 Å². The number of aliphatic hydroxyl groups excluding tert-OH is 1. The molecule has 7 unspecified atom stereocenters. The van der Waals surface area contributed by atoms with Gasteiger partial charge in [-0.1, -0.05) is 67.8 Å². The van der Waals surface area contributed by atoms with E-state index < -0.39 is 54.3 Å². The average molecular weight is 565 g/mol. The maximum atomic E-state index is 14.9. The fourth-order valence-corrected chi connectivity index (χ4v) is 5.83. The molecule has 0 aromatic heterocycles. The number of rotatable bonds is 10. The normalized spacial score (nSPS) is 26.9. The van der Waals surface area contributed by atoms with Crippen molar-refractivity contribution in [3.63, 3.8) is 0 Å². The van der Waals surface area contributed by atoms with E-state index in [-0.39, 0.29) is 0 Å². The molecule has 2 aromatic carbocycles. The summed E-state index contributed by atoms with van der Waals surface area (Å²) in [6, 6.07) is 12.9. The second-order valence-corrected chi connectivity index (χ2v) is 11.4. The van der Waals surface area contributed by atoms with Crippen LogP contribution in [0.3, 0.4) is 0 Å². The Labute approximate surface area is 239 Å². The lowest BCUT2D eigenvalue weighted by molar-refractivity contribution is -0.176. The zero-order chi connectivity index (χ0) is 29.3. The Hall–Kier alpha value is -3.56. The molecule has 0 spiro atoms. The molecule has 0 radical (unpaired) electrons. The first-order chi connectivity index (χ1) is 19.6. The number of benzene rings is 2. The molecule has 41 heavy (non-hydrogen) atoms. The highest BCUT2D eigenvalue weighted by Gasteiger charge is 2.48. The minimum Gasteiger partial charge on any atom is -0.441 e. The van der Waals surface area contributed by atoms with Crippen molar-refractivity contribution < 1.29 is 33.4 Å². The van der Waals surface area contributed by atoms with Crippen molar-refractivity contribution in [2.75, 3.05) is 0 Å². The van der Waals surface area contributed by atoms with E-state index in [0.717, 1.165) is 41.6 Å². The summed E-state index contributed by atoms with van der Waals surface area (Å²) in [6.45, 7) is 5.28. The van der Waals surface area contributed by atoms with E-state index in [4.69, 9.17) is 9.47 Å². The van der Waals surface area contributed by atoms with E-state index in [1.807, 2.05) is 18.2 Å². The highest BCUT2D eigenvalue weighted by atomic mass is 19.1. The van der Waals surface area contributed by atoms with Crippen LogP contribution in [0.5, 0.6) is 0 Å². The summed E-state index contributed by atoms with van der Waals surface area (Å²) >= 11 is 0. The van der Waals surface area contributed by atoms with Crippen molar-refractivity contribution in [1.29, 1.82) is 0 Å². The van der Waals surface area contributed by atoms with E-state index in [2.05, 4.69) is 12.2 Å². The molecular weight excluding hydrogens is 527 g/mol. The zero-order valence-electron chi connectivity index (χ0n) is 23.6. The average Bonchev–Trinajstić information content (AvgIpc) is 3.64. The molecule has 2 N–H and O–H groups in total. The molecule has 1 saturated heterocycles. The van der Waals surface area contributed by atoms with Gasteiger partial charge in [0.2, 0.25) is 5.91 Å². The molecule has 1 aliphatic carbocycles. The molecule has 2 fully saturated rings. The van der Waals surface area contributed by atoms with Crippen LogP contribution in [0.4, 0.5) is 9.18 Å². The largest absolute Gasteiger partial charge is 0.441 e. The van der Waals surface area contributed by atoms with Crippen LogP contribution >= 0.6 is 0 Å². The van der Waals surface area contributed by atoms with Gasteiger partial charge in [0.25, 0.3) is 0 Å². The van der Waals surface area contributed by atoms with E-state index in [1.54, 1.807) is 31.2 Å². The van der Waals surface area contributed by atoms with Crippen LogP contribution in [0.15, 0.2) is 60.2 Å². The second-order valence-electron chi connectivity index (χ2n) is 11.4. The summed E-state index contributed by atoms with van der Waals surface area (Å²) in [5.41, 5.74) is 2.25. The van der Waals surface area contributed by atoms with Gasteiger partial charge in [-0.3, -0.25) is 9.59 Å². The lowest BCUT2D eigenvalue weighted by atomic mass is 9.87. The number of halogens is 1. The molecule has 7 atom stereocenters. The fraction of sp³-hybridized carbons (Fsp3) is 0.469. The third-order valence-corrected chi connectivity index (χ3v) is 8.48. The van der Waals surface area contributed by atoms with Gasteiger partial charge in [0.05, 0.1) is 5.92 Å². The van der Waals surface area contributed by atoms with Gasteiger partial charge in [-0.25, -0.2) is 14.1 Å². The molecule has 8 nitrogen and oxygen atoms in total. The summed E-state index contributed by atoms with van der Waals surface area (Å²) in [6.07, 6.45) is 2.96. The Morgan fingerprint density at radius 1 is 1.17 bits per heavy atom. The zero-order valence-corrected chi connectivity index (χ0v) is 23.6. The van der Waals surface area contributed by atoms with Gasteiger partial charge in [-0.15, -0.1) is 0 Å². The molecular formula is C32H37FN2O6. The maximum absolute atomic E-state index is 14.9. The van der Waals surface area contributed by atoms with Crippen molar-refractivity contribution >= 4 is 17.9 Å². The number of carbonyl (C=O) groups excluding carboxylic acids is 3. The minimum absolute atomic E-state index is 0.411. The van der Waals surface area contributed by atoms with Gasteiger partial charge in [0.1, 0.15) is 18.0 Å². The van der Waals surface area contributed by atoms with E-state index in [0.29, 0.717) is 23.1 Å². The van der Waals surface area contributed by atoms with Crippen molar-refractivity contribution in [3.8, 4) is 11.1 Å². The minimum atomic E-state index is -1.22. The van der Waals surface area contributed by atoms with Crippen LogP contribution in [0.25, 0.3) is 11.1 Å². The first kappa shape index (κ1) is 29.0. The summed E-state index contributed by atoms with van der Waals surface area (Å²) < 4.78 is 25.9. The maximum Gasteiger partial charge on any atom is 0.329 e. The topological polar surface area (TPSA) is 105 Å². The number of imide groups is 1. The summed E-state index contributed by atoms with van der Waals surface area (Å²) in [5.74, 6) is -1.83. The smallest absolute Gasteiger partial charge is 0.329 e. The number of urea groups is 1.